The second kappa shape index (κ2) is 7.00. The summed E-state index contributed by atoms with van der Waals surface area (Å²) in [6.45, 7) is 1.83. The standard InChI is InChI=1S/C16H21ClN6/c1-22(2)15-9-14(19-11-20-15)21-12-5-4-8-23(10-12)16-13(17)6-3-7-18-16/h3,6-7,9,11-12H,4-5,8,10H2,1-2H3,(H,19,20,21). The normalized spacial score (nSPS) is 17.9. The number of hydrogen-bond donors (Lipinski definition) is 1. The van der Waals surface area contributed by atoms with E-state index in [2.05, 4.69) is 25.2 Å². The summed E-state index contributed by atoms with van der Waals surface area (Å²) in [4.78, 5) is 17.2. The molecule has 0 radical (unpaired) electrons. The Morgan fingerprint density at radius 2 is 2.17 bits per heavy atom. The van der Waals surface area contributed by atoms with Crippen molar-refractivity contribution in [1.82, 2.24) is 15.0 Å². The molecule has 1 saturated heterocycles. The van der Waals surface area contributed by atoms with Gasteiger partial charge in [-0.2, -0.15) is 0 Å². The second-order valence-electron chi connectivity index (χ2n) is 5.89. The molecule has 1 unspecified atom stereocenters. The van der Waals surface area contributed by atoms with Crippen molar-refractivity contribution >= 4 is 29.1 Å². The van der Waals surface area contributed by atoms with Gasteiger partial charge in [-0.3, -0.25) is 0 Å². The summed E-state index contributed by atoms with van der Waals surface area (Å²) in [7, 11) is 3.94. The van der Waals surface area contributed by atoms with Gasteiger partial charge in [-0.15, -0.1) is 0 Å². The first-order valence-corrected chi connectivity index (χ1v) is 8.12. The van der Waals surface area contributed by atoms with Crippen LogP contribution in [0.3, 0.4) is 0 Å². The van der Waals surface area contributed by atoms with Crippen LogP contribution in [-0.4, -0.2) is 48.2 Å². The minimum atomic E-state index is 0.312. The molecule has 23 heavy (non-hydrogen) atoms. The predicted octanol–water partition coefficient (Wildman–Crippen LogP) is 2.67. The van der Waals surface area contributed by atoms with Crippen LogP contribution in [-0.2, 0) is 0 Å². The van der Waals surface area contributed by atoms with Crippen molar-refractivity contribution in [3.05, 3.63) is 35.7 Å². The van der Waals surface area contributed by atoms with Gasteiger partial charge in [-0.25, -0.2) is 15.0 Å². The van der Waals surface area contributed by atoms with Crippen LogP contribution in [0.25, 0.3) is 0 Å². The Morgan fingerprint density at radius 1 is 1.30 bits per heavy atom. The quantitative estimate of drug-likeness (QED) is 0.929. The van der Waals surface area contributed by atoms with Crippen LogP contribution in [0, 0.1) is 0 Å². The van der Waals surface area contributed by atoms with E-state index in [1.807, 2.05) is 37.2 Å². The van der Waals surface area contributed by atoms with Crippen molar-refractivity contribution in [3.63, 3.8) is 0 Å². The van der Waals surface area contributed by atoms with E-state index in [1.165, 1.54) is 0 Å². The molecule has 1 aliphatic rings. The Hall–Kier alpha value is -2.08. The zero-order chi connectivity index (χ0) is 16.2. The van der Waals surface area contributed by atoms with Crippen molar-refractivity contribution in [2.45, 2.75) is 18.9 Å². The van der Waals surface area contributed by atoms with Crippen LogP contribution >= 0.6 is 11.6 Å². The van der Waals surface area contributed by atoms with Crippen molar-refractivity contribution in [3.8, 4) is 0 Å². The van der Waals surface area contributed by atoms with Gasteiger partial charge in [0, 0.05) is 45.5 Å². The first-order chi connectivity index (χ1) is 11.1. The third-order valence-electron chi connectivity index (χ3n) is 3.92. The van der Waals surface area contributed by atoms with Crippen LogP contribution in [0.4, 0.5) is 17.5 Å². The lowest BCUT2D eigenvalue weighted by molar-refractivity contribution is 0.525. The molecular formula is C16H21ClN6. The Bertz CT molecular complexity index is 663. The predicted molar refractivity (Wildman–Crippen MR) is 94.5 cm³/mol. The highest BCUT2D eigenvalue weighted by atomic mass is 35.5. The molecule has 2 aromatic heterocycles. The molecule has 0 saturated carbocycles. The van der Waals surface area contributed by atoms with Gasteiger partial charge in [0.2, 0.25) is 0 Å². The van der Waals surface area contributed by atoms with Gasteiger partial charge in [-0.05, 0) is 25.0 Å². The zero-order valence-electron chi connectivity index (χ0n) is 13.4. The molecule has 1 N–H and O–H groups in total. The SMILES string of the molecule is CN(C)c1cc(NC2CCCN(c3ncccc3Cl)C2)ncn1. The molecule has 6 nitrogen and oxygen atoms in total. The molecule has 1 fully saturated rings. The van der Waals surface area contributed by atoms with Crippen molar-refractivity contribution in [2.75, 3.05) is 42.3 Å². The number of nitrogens with one attached hydrogen (secondary N) is 1. The van der Waals surface area contributed by atoms with Gasteiger partial charge in [-0.1, -0.05) is 11.6 Å². The number of rotatable bonds is 4. The maximum absolute atomic E-state index is 6.27. The second-order valence-corrected chi connectivity index (χ2v) is 6.30. The summed E-state index contributed by atoms with van der Waals surface area (Å²) in [5, 5.41) is 4.20. The van der Waals surface area contributed by atoms with Crippen LogP contribution < -0.4 is 15.1 Å². The third-order valence-corrected chi connectivity index (χ3v) is 4.22. The van der Waals surface area contributed by atoms with Crippen molar-refractivity contribution in [2.24, 2.45) is 0 Å². The summed E-state index contributed by atoms with van der Waals surface area (Å²) in [5.41, 5.74) is 0. The maximum Gasteiger partial charge on any atom is 0.147 e. The van der Waals surface area contributed by atoms with E-state index in [0.717, 1.165) is 43.4 Å². The average Bonchev–Trinajstić information content (AvgIpc) is 2.56. The van der Waals surface area contributed by atoms with E-state index >= 15 is 0 Å². The van der Waals surface area contributed by atoms with Crippen LogP contribution in [0.2, 0.25) is 5.02 Å². The van der Waals surface area contributed by atoms with Gasteiger partial charge in [0.25, 0.3) is 0 Å². The van der Waals surface area contributed by atoms with Crippen molar-refractivity contribution in [1.29, 1.82) is 0 Å². The molecule has 0 amide bonds. The Kier molecular flexibility index (Phi) is 4.81. The summed E-state index contributed by atoms with van der Waals surface area (Å²) < 4.78 is 0. The lowest BCUT2D eigenvalue weighted by Crippen LogP contribution is -2.42. The van der Waals surface area contributed by atoms with Gasteiger partial charge >= 0.3 is 0 Å². The first-order valence-electron chi connectivity index (χ1n) is 7.75. The molecule has 0 aromatic carbocycles. The molecule has 0 bridgehead atoms. The summed E-state index contributed by atoms with van der Waals surface area (Å²) in [6.07, 6.45) is 5.57. The van der Waals surface area contributed by atoms with E-state index < -0.39 is 0 Å². The van der Waals surface area contributed by atoms with E-state index in [4.69, 9.17) is 11.6 Å². The van der Waals surface area contributed by atoms with E-state index in [9.17, 15) is 0 Å². The average molecular weight is 333 g/mol. The minimum Gasteiger partial charge on any atom is -0.365 e. The lowest BCUT2D eigenvalue weighted by Gasteiger charge is -2.34. The summed E-state index contributed by atoms with van der Waals surface area (Å²) in [6, 6.07) is 6.02. The molecule has 3 heterocycles. The molecule has 0 spiro atoms. The molecule has 0 aliphatic carbocycles. The summed E-state index contributed by atoms with van der Waals surface area (Å²) >= 11 is 6.27. The topological polar surface area (TPSA) is 57.2 Å². The van der Waals surface area contributed by atoms with Gasteiger partial charge < -0.3 is 15.1 Å². The molecular weight excluding hydrogens is 312 g/mol. The molecule has 3 rings (SSSR count). The van der Waals surface area contributed by atoms with E-state index in [1.54, 1.807) is 12.5 Å². The van der Waals surface area contributed by atoms with Crippen LogP contribution in [0.15, 0.2) is 30.7 Å². The van der Waals surface area contributed by atoms with Crippen LogP contribution in [0.1, 0.15) is 12.8 Å². The lowest BCUT2D eigenvalue weighted by atomic mass is 10.1. The van der Waals surface area contributed by atoms with E-state index in [-0.39, 0.29) is 0 Å². The number of halogens is 1. The number of anilines is 3. The van der Waals surface area contributed by atoms with Crippen molar-refractivity contribution < 1.29 is 0 Å². The van der Waals surface area contributed by atoms with E-state index in [0.29, 0.717) is 11.1 Å². The third kappa shape index (κ3) is 3.82. The number of nitrogens with zero attached hydrogens (tertiary/aromatic N) is 5. The fraction of sp³-hybridized carbons (Fsp3) is 0.438. The molecule has 1 atom stereocenters. The number of aromatic nitrogens is 3. The minimum absolute atomic E-state index is 0.312. The fourth-order valence-corrected chi connectivity index (χ4v) is 3.02. The Morgan fingerprint density at radius 3 is 2.96 bits per heavy atom. The first kappa shape index (κ1) is 15.8. The van der Waals surface area contributed by atoms with Gasteiger partial charge in [0.1, 0.15) is 23.8 Å². The molecule has 122 valence electrons. The highest BCUT2D eigenvalue weighted by Gasteiger charge is 2.22. The highest BCUT2D eigenvalue weighted by Crippen LogP contribution is 2.26. The molecule has 2 aromatic rings. The summed E-state index contributed by atoms with van der Waals surface area (Å²) in [5.74, 6) is 2.60. The molecule has 7 heteroatoms. The fourth-order valence-electron chi connectivity index (χ4n) is 2.78. The Labute approximate surface area is 141 Å². The zero-order valence-corrected chi connectivity index (χ0v) is 14.2. The van der Waals surface area contributed by atoms with Crippen LogP contribution in [0.5, 0.6) is 0 Å². The van der Waals surface area contributed by atoms with Gasteiger partial charge in [0.05, 0.1) is 5.02 Å². The largest absolute Gasteiger partial charge is 0.365 e. The highest BCUT2D eigenvalue weighted by molar-refractivity contribution is 6.32. The monoisotopic (exact) mass is 332 g/mol. The molecule has 1 aliphatic heterocycles. The number of hydrogen-bond acceptors (Lipinski definition) is 6. The number of piperidine rings is 1. The smallest absolute Gasteiger partial charge is 0.147 e. The number of pyridine rings is 1. The Balaban J connectivity index is 1.70. The maximum atomic E-state index is 6.27. The van der Waals surface area contributed by atoms with Gasteiger partial charge in [0.15, 0.2) is 0 Å².